The summed E-state index contributed by atoms with van der Waals surface area (Å²) in [5.41, 5.74) is 12.6. The molecule has 0 aliphatic heterocycles. The lowest BCUT2D eigenvalue weighted by molar-refractivity contribution is 0.465. The molecule has 0 spiro atoms. The summed E-state index contributed by atoms with van der Waals surface area (Å²) in [6.45, 7) is 3.61. The molecule has 2 heteroatoms. The molecule has 1 aromatic rings. The van der Waals surface area contributed by atoms with Crippen molar-refractivity contribution in [2.24, 2.45) is 17.4 Å². The van der Waals surface area contributed by atoms with Crippen molar-refractivity contribution in [2.45, 2.75) is 19.3 Å². The number of nitrogens with two attached hydrogens (primary N) is 2. The summed E-state index contributed by atoms with van der Waals surface area (Å²) in [7, 11) is 0. The maximum absolute atomic E-state index is 5.63. The summed E-state index contributed by atoms with van der Waals surface area (Å²) < 4.78 is 0. The Morgan fingerprint density at radius 2 is 1.64 bits per heavy atom. The summed E-state index contributed by atoms with van der Waals surface area (Å²) in [6.07, 6.45) is 1.08. The number of hydrogen-bond acceptors (Lipinski definition) is 2. The molecule has 0 heterocycles. The van der Waals surface area contributed by atoms with Crippen LogP contribution in [0.1, 0.15) is 24.8 Å². The standard InChI is InChI=1S/C12H20N2/c1-10(7-11(8-13)9-14)12-5-3-2-4-6-12/h2-6,10-11H,7-9,13-14H2,1H3. The van der Waals surface area contributed by atoms with Crippen LogP contribution < -0.4 is 11.5 Å². The van der Waals surface area contributed by atoms with Crippen LogP contribution >= 0.6 is 0 Å². The molecule has 0 fully saturated rings. The minimum atomic E-state index is 0.449. The first-order chi connectivity index (χ1) is 6.77. The molecule has 1 atom stereocenters. The molecule has 1 unspecified atom stereocenters. The van der Waals surface area contributed by atoms with Gasteiger partial charge in [0.1, 0.15) is 0 Å². The maximum Gasteiger partial charge on any atom is -0.00366 e. The van der Waals surface area contributed by atoms with Gasteiger partial charge in [0.2, 0.25) is 0 Å². The highest BCUT2D eigenvalue weighted by Gasteiger charge is 2.11. The van der Waals surface area contributed by atoms with Gasteiger partial charge in [-0.3, -0.25) is 0 Å². The van der Waals surface area contributed by atoms with Gasteiger partial charge in [-0.1, -0.05) is 37.3 Å². The fourth-order valence-electron chi connectivity index (χ4n) is 1.71. The predicted octanol–water partition coefficient (Wildman–Crippen LogP) is 1.71. The third-order valence-electron chi connectivity index (χ3n) is 2.72. The normalized spacial score (nSPS) is 13.1. The van der Waals surface area contributed by atoms with Crippen molar-refractivity contribution in [3.8, 4) is 0 Å². The quantitative estimate of drug-likeness (QED) is 0.746. The fourth-order valence-corrected chi connectivity index (χ4v) is 1.71. The van der Waals surface area contributed by atoms with Gasteiger partial charge in [-0.05, 0) is 36.9 Å². The molecular weight excluding hydrogens is 172 g/mol. The highest BCUT2D eigenvalue weighted by atomic mass is 14.6. The number of hydrogen-bond donors (Lipinski definition) is 2. The van der Waals surface area contributed by atoms with E-state index in [-0.39, 0.29) is 0 Å². The lowest BCUT2D eigenvalue weighted by atomic mass is 9.90. The van der Waals surface area contributed by atoms with Crippen molar-refractivity contribution in [1.82, 2.24) is 0 Å². The van der Waals surface area contributed by atoms with Gasteiger partial charge in [0, 0.05) is 0 Å². The fraction of sp³-hybridized carbons (Fsp3) is 0.500. The van der Waals surface area contributed by atoms with E-state index >= 15 is 0 Å². The third-order valence-corrected chi connectivity index (χ3v) is 2.72. The zero-order chi connectivity index (χ0) is 10.4. The second-order valence-electron chi connectivity index (χ2n) is 3.88. The molecule has 0 aliphatic rings. The molecule has 0 saturated carbocycles. The van der Waals surface area contributed by atoms with Gasteiger partial charge < -0.3 is 11.5 Å². The van der Waals surface area contributed by atoms with Gasteiger partial charge in [-0.25, -0.2) is 0 Å². The average Bonchev–Trinajstić information content (AvgIpc) is 2.26. The van der Waals surface area contributed by atoms with Crippen molar-refractivity contribution in [1.29, 1.82) is 0 Å². The van der Waals surface area contributed by atoms with E-state index in [4.69, 9.17) is 11.5 Å². The predicted molar refractivity (Wildman–Crippen MR) is 61.1 cm³/mol. The molecule has 2 nitrogen and oxygen atoms in total. The van der Waals surface area contributed by atoms with Crippen LogP contribution in [0.3, 0.4) is 0 Å². The van der Waals surface area contributed by atoms with E-state index in [0.29, 0.717) is 24.9 Å². The zero-order valence-corrected chi connectivity index (χ0v) is 8.82. The highest BCUT2D eigenvalue weighted by molar-refractivity contribution is 5.18. The molecule has 0 amide bonds. The molecule has 4 N–H and O–H groups in total. The summed E-state index contributed by atoms with van der Waals surface area (Å²) in [6, 6.07) is 10.5. The zero-order valence-electron chi connectivity index (χ0n) is 8.82. The van der Waals surface area contributed by atoms with Crippen molar-refractivity contribution < 1.29 is 0 Å². The van der Waals surface area contributed by atoms with Crippen molar-refractivity contribution >= 4 is 0 Å². The molecule has 78 valence electrons. The third kappa shape index (κ3) is 3.13. The first-order valence-electron chi connectivity index (χ1n) is 5.23. The summed E-state index contributed by atoms with van der Waals surface area (Å²) in [4.78, 5) is 0. The maximum atomic E-state index is 5.63. The lowest BCUT2D eigenvalue weighted by Gasteiger charge is -2.18. The van der Waals surface area contributed by atoms with E-state index in [0.717, 1.165) is 6.42 Å². The van der Waals surface area contributed by atoms with Gasteiger partial charge in [-0.2, -0.15) is 0 Å². The van der Waals surface area contributed by atoms with Gasteiger partial charge >= 0.3 is 0 Å². The first kappa shape index (κ1) is 11.2. The van der Waals surface area contributed by atoms with Crippen LogP contribution in [0.25, 0.3) is 0 Å². The lowest BCUT2D eigenvalue weighted by Crippen LogP contribution is -2.24. The Bertz CT molecular complexity index is 242. The Hall–Kier alpha value is -0.860. The van der Waals surface area contributed by atoms with Gasteiger partial charge in [0.25, 0.3) is 0 Å². The molecule has 0 saturated heterocycles. The SMILES string of the molecule is CC(CC(CN)CN)c1ccccc1. The van der Waals surface area contributed by atoms with E-state index < -0.39 is 0 Å². The summed E-state index contributed by atoms with van der Waals surface area (Å²) >= 11 is 0. The van der Waals surface area contributed by atoms with Crippen LogP contribution in [-0.4, -0.2) is 13.1 Å². The van der Waals surface area contributed by atoms with Crippen LogP contribution in [0.4, 0.5) is 0 Å². The minimum absolute atomic E-state index is 0.449. The second-order valence-corrected chi connectivity index (χ2v) is 3.88. The van der Waals surface area contributed by atoms with Crippen LogP contribution in [0.15, 0.2) is 30.3 Å². The average molecular weight is 192 g/mol. The highest BCUT2D eigenvalue weighted by Crippen LogP contribution is 2.22. The van der Waals surface area contributed by atoms with Crippen LogP contribution in [-0.2, 0) is 0 Å². The molecule has 0 bridgehead atoms. The van der Waals surface area contributed by atoms with Crippen molar-refractivity contribution in [3.05, 3.63) is 35.9 Å². The minimum Gasteiger partial charge on any atom is -0.330 e. The second kappa shape index (κ2) is 5.78. The van der Waals surface area contributed by atoms with E-state index in [9.17, 15) is 0 Å². The molecule has 14 heavy (non-hydrogen) atoms. The largest absolute Gasteiger partial charge is 0.330 e. The van der Waals surface area contributed by atoms with Crippen LogP contribution in [0.5, 0.6) is 0 Å². The Kier molecular flexibility index (Phi) is 4.63. The van der Waals surface area contributed by atoms with Crippen molar-refractivity contribution in [3.63, 3.8) is 0 Å². The smallest absolute Gasteiger partial charge is 0.00366 e. The van der Waals surface area contributed by atoms with E-state index in [1.807, 2.05) is 6.07 Å². The van der Waals surface area contributed by atoms with Crippen molar-refractivity contribution in [2.75, 3.05) is 13.1 Å². The van der Waals surface area contributed by atoms with Crippen LogP contribution in [0.2, 0.25) is 0 Å². The Labute approximate surface area is 86.3 Å². The summed E-state index contributed by atoms with van der Waals surface area (Å²) in [5, 5.41) is 0. The molecule has 1 rings (SSSR count). The summed E-state index contributed by atoms with van der Waals surface area (Å²) in [5.74, 6) is 0.999. The molecule has 1 aromatic carbocycles. The topological polar surface area (TPSA) is 52.0 Å². The van der Waals surface area contributed by atoms with Crippen LogP contribution in [0, 0.1) is 5.92 Å². The monoisotopic (exact) mass is 192 g/mol. The first-order valence-corrected chi connectivity index (χ1v) is 5.23. The van der Waals surface area contributed by atoms with Gasteiger partial charge in [0.15, 0.2) is 0 Å². The molecule has 0 aliphatic carbocycles. The van der Waals surface area contributed by atoms with E-state index in [1.165, 1.54) is 5.56 Å². The Morgan fingerprint density at radius 1 is 1.07 bits per heavy atom. The Balaban J connectivity index is 2.54. The molecule has 0 radical (unpaired) electrons. The van der Waals surface area contributed by atoms with E-state index in [2.05, 4.69) is 31.2 Å². The number of rotatable bonds is 5. The van der Waals surface area contributed by atoms with Gasteiger partial charge in [-0.15, -0.1) is 0 Å². The molecule has 0 aromatic heterocycles. The Morgan fingerprint density at radius 3 is 2.14 bits per heavy atom. The van der Waals surface area contributed by atoms with Gasteiger partial charge in [0.05, 0.1) is 0 Å². The molecular formula is C12H20N2. The van der Waals surface area contributed by atoms with E-state index in [1.54, 1.807) is 0 Å². The number of benzene rings is 1.